The summed E-state index contributed by atoms with van der Waals surface area (Å²) in [7, 11) is 0. The number of carbonyl (C=O) groups excluding carboxylic acids is 1. The van der Waals surface area contributed by atoms with Crippen molar-refractivity contribution in [1.82, 2.24) is 14.9 Å². The molecule has 6 nitrogen and oxygen atoms in total. The number of rotatable bonds is 6. The van der Waals surface area contributed by atoms with Gasteiger partial charge in [-0.3, -0.25) is 0 Å². The maximum absolute atomic E-state index is 12.0. The van der Waals surface area contributed by atoms with Crippen LogP contribution in [0.15, 0.2) is 41.1 Å². The molecule has 1 amide bonds. The summed E-state index contributed by atoms with van der Waals surface area (Å²) in [4.78, 5) is 22.6. The van der Waals surface area contributed by atoms with Crippen LogP contribution < -0.4 is 4.74 Å². The first-order valence-electron chi connectivity index (χ1n) is 9.63. The topological polar surface area (TPSA) is 64.5 Å². The van der Waals surface area contributed by atoms with Crippen LogP contribution in [0.25, 0.3) is 11.4 Å². The third-order valence-corrected chi connectivity index (χ3v) is 5.16. The van der Waals surface area contributed by atoms with Crippen LogP contribution in [0.3, 0.4) is 0 Å². The molecule has 150 valence electrons. The molecule has 0 atom stereocenters. The molecule has 1 aliphatic heterocycles. The second-order valence-corrected chi connectivity index (χ2v) is 8.38. The summed E-state index contributed by atoms with van der Waals surface area (Å²) in [5, 5.41) is 0. The van der Waals surface area contributed by atoms with Crippen LogP contribution in [0.2, 0.25) is 0 Å². The van der Waals surface area contributed by atoms with Crippen LogP contribution in [0.4, 0.5) is 4.79 Å². The third-order valence-electron chi connectivity index (χ3n) is 4.63. The number of piperidine rings is 1. The third kappa shape index (κ3) is 5.92. The largest absolute Gasteiger partial charge is 0.490 e. The first-order valence-corrected chi connectivity index (χ1v) is 10.4. The zero-order valence-electron chi connectivity index (χ0n) is 16.3. The number of hydrogen-bond acceptors (Lipinski definition) is 5. The Morgan fingerprint density at radius 3 is 2.43 bits per heavy atom. The molecule has 1 saturated heterocycles. The Morgan fingerprint density at radius 1 is 1.18 bits per heavy atom. The molecular weight excluding hydrogens is 422 g/mol. The van der Waals surface area contributed by atoms with E-state index in [4.69, 9.17) is 9.47 Å². The van der Waals surface area contributed by atoms with Crippen LogP contribution in [0.5, 0.6) is 5.75 Å². The summed E-state index contributed by atoms with van der Waals surface area (Å²) in [6.45, 7) is 6.57. The van der Waals surface area contributed by atoms with Gasteiger partial charge in [0.25, 0.3) is 0 Å². The van der Waals surface area contributed by atoms with Crippen LogP contribution in [-0.4, -0.2) is 47.3 Å². The highest BCUT2D eigenvalue weighted by atomic mass is 79.9. The van der Waals surface area contributed by atoms with E-state index in [2.05, 4.69) is 25.9 Å². The average molecular weight is 448 g/mol. The monoisotopic (exact) mass is 447 g/mol. The Balaban J connectivity index is 1.43. The van der Waals surface area contributed by atoms with E-state index in [1.165, 1.54) is 0 Å². The Bertz CT molecular complexity index is 757. The highest BCUT2D eigenvalue weighted by molar-refractivity contribution is 9.10. The van der Waals surface area contributed by atoms with Crippen LogP contribution in [0, 0.1) is 11.8 Å². The Labute approximate surface area is 174 Å². The van der Waals surface area contributed by atoms with E-state index in [0.717, 1.165) is 22.9 Å². The fourth-order valence-electron chi connectivity index (χ4n) is 2.96. The maximum atomic E-state index is 12.0. The minimum absolute atomic E-state index is 0.204. The highest BCUT2D eigenvalue weighted by Crippen LogP contribution is 2.22. The first kappa shape index (κ1) is 20.6. The van der Waals surface area contributed by atoms with Gasteiger partial charge in [0.2, 0.25) is 0 Å². The van der Waals surface area contributed by atoms with Gasteiger partial charge in [0, 0.05) is 23.1 Å². The Morgan fingerprint density at radius 2 is 1.82 bits per heavy atom. The van der Waals surface area contributed by atoms with Gasteiger partial charge in [0.1, 0.15) is 0 Å². The minimum atomic E-state index is -0.204. The molecule has 2 heterocycles. The number of ether oxygens (including phenoxy) is 2. The predicted molar refractivity (Wildman–Crippen MR) is 111 cm³/mol. The molecule has 0 radical (unpaired) electrons. The van der Waals surface area contributed by atoms with Crippen molar-refractivity contribution in [3.8, 4) is 17.1 Å². The summed E-state index contributed by atoms with van der Waals surface area (Å²) >= 11 is 3.42. The van der Waals surface area contributed by atoms with E-state index in [1.807, 2.05) is 38.1 Å². The van der Waals surface area contributed by atoms with Gasteiger partial charge in [-0.05, 0) is 36.8 Å². The molecule has 0 bridgehead atoms. The summed E-state index contributed by atoms with van der Waals surface area (Å²) in [6.07, 6.45) is 5.04. The molecule has 0 spiro atoms. The zero-order valence-corrected chi connectivity index (χ0v) is 17.9. The van der Waals surface area contributed by atoms with Crippen molar-refractivity contribution < 1.29 is 14.3 Å². The molecule has 1 aromatic carbocycles. The van der Waals surface area contributed by atoms with Crippen LogP contribution >= 0.6 is 15.9 Å². The summed E-state index contributed by atoms with van der Waals surface area (Å²) in [6, 6.07) is 7.88. The van der Waals surface area contributed by atoms with E-state index in [0.29, 0.717) is 49.7 Å². The van der Waals surface area contributed by atoms with Crippen molar-refractivity contribution in [3.63, 3.8) is 0 Å². The molecule has 2 aromatic rings. The molecule has 0 unspecified atom stereocenters. The molecule has 3 rings (SSSR count). The highest BCUT2D eigenvalue weighted by Gasteiger charge is 2.24. The number of nitrogens with zero attached hydrogens (tertiary/aromatic N) is 3. The maximum Gasteiger partial charge on any atom is 0.409 e. The molecule has 0 N–H and O–H groups in total. The minimum Gasteiger partial charge on any atom is -0.490 e. The number of amides is 1. The fourth-order valence-corrected chi connectivity index (χ4v) is 3.23. The standard InChI is InChI=1S/C21H26BrN3O3/c1-15(2)13-28-21(26)25-9-7-16(8-10-25)14-27-19-11-23-20(24-12-19)17-3-5-18(22)6-4-17/h3-6,11-12,15-16H,7-10,13-14H2,1-2H3. The zero-order chi connectivity index (χ0) is 19.9. The molecule has 0 saturated carbocycles. The van der Waals surface area contributed by atoms with Gasteiger partial charge < -0.3 is 14.4 Å². The van der Waals surface area contributed by atoms with Gasteiger partial charge in [0.05, 0.1) is 25.6 Å². The number of carbonyl (C=O) groups is 1. The molecule has 1 aromatic heterocycles. The number of halogens is 1. The summed E-state index contributed by atoms with van der Waals surface area (Å²) < 4.78 is 12.2. The Kier molecular flexibility index (Phi) is 7.25. The quantitative estimate of drug-likeness (QED) is 0.636. The molecule has 28 heavy (non-hydrogen) atoms. The first-order chi connectivity index (χ1) is 13.5. The van der Waals surface area contributed by atoms with Crippen LogP contribution in [0.1, 0.15) is 26.7 Å². The lowest BCUT2D eigenvalue weighted by Gasteiger charge is -2.31. The fraction of sp³-hybridized carbons (Fsp3) is 0.476. The smallest absolute Gasteiger partial charge is 0.409 e. The average Bonchev–Trinajstić information content (AvgIpc) is 2.72. The molecule has 1 aliphatic rings. The number of aromatic nitrogens is 2. The van der Waals surface area contributed by atoms with Crippen LogP contribution in [-0.2, 0) is 4.74 Å². The van der Waals surface area contributed by atoms with Gasteiger partial charge in [-0.25, -0.2) is 14.8 Å². The lowest BCUT2D eigenvalue weighted by molar-refractivity contribution is 0.0732. The van der Waals surface area contributed by atoms with Crippen molar-refractivity contribution in [2.45, 2.75) is 26.7 Å². The van der Waals surface area contributed by atoms with E-state index < -0.39 is 0 Å². The second kappa shape index (κ2) is 9.87. The Hall–Kier alpha value is -2.15. The SMILES string of the molecule is CC(C)COC(=O)N1CCC(COc2cnc(-c3ccc(Br)cc3)nc2)CC1. The number of hydrogen-bond donors (Lipinski definition) is 0. The van der Waals surface area contributed by atoms with Crippen molar-refractivity contribution >= 4 is 22.0 Å². The molecule has 7 heteroatoms. The van der Waals surface area contributed by atoms with E-state index in [9.17, 15) is 4.79 Å². The summed E-state index contributed by atoms with van der Waals surface area (Å²) in [5.74, 6) is 2.11. The predicted octanol–water partition coefficient (Wildman–Crippen LogP) is 4.79. The van der Waals surface area contributed by atoms with E-state index >= 15 is 0 Å². The molecular formula is C21H26BrN3O3. The van der Waals surface area contributed by atoms with Crippen molar-refractivity contribution in [2.24, 2.45) is 11.8 Å². The number of likely N-dealkylation sites (tertiary alicyclic amines) is 1. The van der Waals surface area contributed by atoms with Gasteiger partial charge in [-0.15, -0.1) is 0 Å². The van der Waals surface area contributed by atoms with Crippen molar-refractivity contribution in [2.75, 3.05) is 26.3 Å². The van der Waals surface area contributed by atoms with E-state index in [1.54, 1.807) is 17.3 Å². The lowest BCUT2D eigenvalue weighted by atomic mass is 9.98. The normalized spacial score (nSPS) is 14.9. The number of benzene rings is 1. The van der Waals surface area contributed by atoms with E-state index in [-0.39, 0.29) is 6.09 Å². The molecule has 0 aliphatic carbocycles. The van der Waals surface area contributed by atoms with Gasteiger partial charge in [-0.2, -0.15) is 0 Å². The summed E-state index contributed by atoms with van der Waals surface area (Å²) in [5.41, 5.74) is 0.964. The van der Waals surface area contributed by atoms with Crippen molar-refractivity contribution in [3.05, 3.63) is 41.1 Å². The van der Waals surface area contributed by atoms with Gasteiger partial charge in [0.15, 0.2) is 11.6 Å². The van der Waals surface area contributed by atoms with Crippen molar-refractivity contribution in [1.29, 1.82) is 0 Å². The molecule has 1 fully saturated rings. The second-order valence-electron chi connectivity index (χ2n) is 7.46. The van der Waals surface area contributed by atoms with Gasteiger partial charge in [-0.1, -0.05) is 41.9 Å². The lowest BCUT2D eigenvalue weighted by Crippen LogP contribution is -2.40. The van der Waals surface area contributed by atoms with Gasteiger partial charge >= 0.3 is 6.09 Å².